The molecule has 0 bridgehead atoms. The van der Waals surface area contributed by atoms with Gasteiger partial charge in [-0.25, -0.2) is 4.90 Å². The van der Waals surface area contributed by atoms with Gasteiger partial charge < -0.3 is 14.6 Å². The number of benzene rings is 2. The quantitative estimate of drug-likeness (QED) is 0.495. The molecule has 1 atom stereocenters. The summed E-state index contributed by atoms with van der Waals surface area (Å²) in [5, 5.41) is 3.90. The second-order valence-corrected chi connectivity index (χ2v) is 9.60. The van der Waals surface area contributed by atoms with Crippen LogP contribution in [0.4, 0.5) is 10.5 Å². The van der Waals surface area contributed by atoms with Crippen molar-refractivity contribution in [1.82, 2.24) is 9.88 Å². The SMILES string of the molecule is O=C(Cn1cc(/C=C2\SC(=O)N(c3cccc(Cl)c3)C2=O)c2ccccc21)NC[C@@H]1CCCO1. The van der Waals surface area contributed by atoms with Gasteiger partial charge in [-0.3, -0.25) is 14.4 Å². The first-order valence-electron chi connectivity index (χ1n) is 11.0. The number of carbonyl (C=O) groups excluding carboxylic acids is 3. The van der Waals surface area contributed by atoms with E-state index in [4.69, 9.17) is 16.3 Å². The van der Waals surface area contributed by atoms with Crippen LogP contribution in [0, 0.1) is 0 Å². The Kier molecular flexibility index (Phi) is 6.45. The van der Waals surface area contributed by atoms with Crippen LogP contribution in [0.1, 0.15) is 18.4 Å². The number of hydrogen-bond donors (Lipinski definition) is 1. The van der Waals surface area contributed by atoms with Gasteiger partial charge in [-0.1, -0.05) is 35.9 Å². The van der Waals surface area contributed by atoms with Crippen molar-refractivity contribution in [2.75, 3.05) is 18.1 Å². The molecule has 0 unspecified atom stereocenters. The van der Waals surface area contributed by atoms with Crippen molar-refractivity contribution in [3.05, 3.63) is 70.2 Å². The van der Waals surface area contributed by atoms with Crippen LogP contribution in [0.3, 0.4) is 0 Å². The highest BCUT2D eigenvalue weighted by Gasteiger charge is 2.36. The molecule has 0 spiro atoms. The minimum Gasteiger partial charge on any atom is -0.376 e. The van der Waals surface area contributed by atoms with E-state index in [1.54, 1.807) is 30.3 Å². The standard InChI is InChI=1S/C25H22ClN3O4S/c26-17-5-3-6-18(12-17)29-24(31)22(34-25(29)32)11-16-14-28(21-9-2-1-8-20(16)21)15-23(30)27-13-19-7-4-10-33-19/h1-3,5-6,8-9,11-12,14,19H,4,7,10,13,15H2,(H,27,30)/b22-11-/t19-/m0/s1. The summed E-state index contributed by atoms with van der Waals surface area (Å²) >= 11 is 6.92. The molecule has 1 aromatic heterocycles. The van der Waals surface area contributed by atoms with Crippen LogP contribution < -0.4 is 10.2 Å². The summed E-state index contributed by atoms with van der Waals surface area (Å²) in [7, 11) is 0. The molecule has 0 aliphatic carbocycles. The Morgan fingerprint density at radius 3 is 2.85 bits per heavy atom. The normalized spacial score (nSPS) is 19.5. The Labute approximate surface area is 205 Å². The lowest BCUT2D eigenvalue weighted by Gasteiger charge is -2.12. The fourth-order valence-corrected chi connectivity index (χ4v) is 5.23. The molecular weight excluding hydrogens is 474 g/mol. The van der Waals surface area contributed by atoms with Crippen LogP contribution in [0.25, 0.3) is 17.0 Å². The number of fused-ring (bicyclic) bond motifs is 1. The highest BCUT2D eigenvalue weighted by molar-refractivity contribution is 8.19. The van der Waals surface area contributed by atoms with Crippen LogP contribution in [0.5, 0.6) is 0 Å². The van der Waals surface area contributed by atoms with Crippen molar-refractivity contribution in [1.29, 1.82) is 0 Å². The minimum absolute atomic E-state index is 0.0797. The van der Waals surface area contributed by atoms with Gasteiger partial charge in [-0.05, 0) is 54.9 Å². The van der Waals surface area contributed by atoms with Gasteiger partial charge in [0.15, 0.2) is 0 Å². The fourth-order valence-electron chi connectivity index (χ4n) is 4.21. The van der Waals surface area contributed by atoms with Crippen LogP contribution in [0.15, 0.2) is 59.6 Å². The summed E-state index contributed by atoms with van der Waals surface area (Å²) in [5.74, 6) is -0.507. The molecule has 5 rings (SSSR count). The number of para-hydroxylation sites is 1. The van der Waals surface area contributed by atoms with Crippen molar-refractivity contribution < 1.29 is 19.1 Å². The van der Waals surface area contributed by atoms with E-state index in [0.29, 0.717) is 22.2 Å². The molecule has 2 saturated heterocycles. The topological polar surface area (TPSA) is 80.6 Å². The second-order valence-electron chi connectivity index (χ2n) is 8.17. The predicted octanol–water partition coefficient (Wildman–Crippen LogP) is 4.83. The zero-order valence-electron chi connectivity index (χ0n) is 18.2. The largest absolute Gasteiger partial charge is 0.376 e. The van der Waals surface area contributed by atoms with Crippen molar-refractivity contribution in [2.45, 2.75) is 25.5 Å². The molecule has 1 N–H and O–H groups in total. The third kappa shape index (κ3) is 4.61. The number of amides is 3. The molecule has 2 aromatic carbocycles. The second kappa shape index (κ2) is 9.66. The van der Waals surface area contributed by atoms with E-state index in [-0.39, 0.29) is 23.8 Å². The van der Waals surface area contributed by atoms with Crippen molar-refractivity contribution in [3.8, 4) is 0 Å². The number of imide groups is 1. The van der Waals surface area contributed by atoms with E-state index in [1.807, 2.05) is 35.0 Å². The van der Waals surface area contributed by atoms with E-state index in [0.717, 1.165) is 52.6 Å². The first kappa shape index (κ1) is 22.7. The van der Waals surface area contributed by atoms with E-state index >= 15 is 0 Å². The Balaban J connectivity index is 1.39. The molecule has 7 nitrogen and oxygen atoms in total. The van der Waals surface area contributed by atoms with Gasteiger partial charge in [-0.15, -0.1) is 0 Å². The van der Waals surface area contributed by atoms with E-state index in [9.17, 15) is 14.4 Å². The third-order valence-electron chi connectivity index (χ3n) is 5.83. The van der Waals surface area contributed by atoms with Gasteiger partial charge in [-0.2, -0.15) is 0 Å². The van der Waals surface area contributed by atoms with Gasteiger partial charge >= 0.3 is 0 Å². The van der Waals surface area contributed by atoms with Crippen molar-refractivity contribution in [3.63, 3.8) is 0 Å². The molecule has 0 saturated carbocycles. The van der Waals surface area contributed by atoms with E-state index < -0.39 is 5.91 Å². The zero-order valence-corrected chi connectivity index (χ0v) is 19.8. The number of anilines is 1. The van der Waals surface area contributed by atoms with E-state index in [2.05, 4.69) is 5.32 Å². The number of aromatic nitrogens is 1. The number of thioether (sulfide) groups is 1. The smallest absolute Gasteiger partial charge is 0.298 e. The first-order chi connectivity index (χ1) is 16.5. The van der Waals surface area contributed by atoms with Gasteiger partial charge in [0.2, 0.25) is 5.91 Å². The number of nitrogens with zero attached hydrogens (tertiary/aromatic N) is 2. The molecule has 3 aromatic rings. The molecule has 2 fully saturated rings. The summed E-state index contributed by atoms with van der Waals surface area (Å²) in [6, 6.07) is 14.3. The number of hydrogen-bond acceptors (Lipinski definition) is 5. The molecule has 3 amide bonds. The Morgan fingerprint density at radius 1 is 1.21 bits per heavy atom. The lowest BCUT2D eigenvalue weighted by molar-refractivity contribution is -0.122. The predicted molar refractivity (Wildman–Crippen MR) is 134 cm³/mol. The monoisotopic (exact) mass is 495 g/mol. The highest BCUT2D eigenvalue weighted by Crippen LogP contribution is 2.37. The van der Waals surface area contributed by atoms with Crippen LogP contribution in [-0.4, -0.2) is 40.9 Å². The molecule has 2 aliphatic heterocycles. The molecule has 3 heterocycles. The highest BCUT2D eigenvalue weighted by atomic mass is 35.5. The average molecular weight is 496 g/mol. The Morgan fingerprint density at radius 2 is 2.06 bits per heavy atom. The van der Waals surface area contributed by atoms with Crippen LogP contribution in [0.2, 0.25) is 5.02 Å². The average Bonchev–Trinajstić information content (AvgIpc) is 3.52. The zero-order chi connectivity index (χ0) is 23.7. The number of ether oxygens (including phenoxy) is 1. The lowest BCUT2D eigenvalue weighted by Crippen LogP contribution is -2.34. The van der Waals surface area contributed by atoms with Gasteiger partial charge in [0.05, 0.1) is 16.7 Å². The molecule has 9 heteroatoms. The maximum absolute atomic E-state index is 13.1. The number of halogens is 1. The maximum Gasteiger partial charge on any atom is 0.298 e. The van der Waals surface area contributed by atoms with E-state index in [1.165, 1.54) is 0 Å². The summed E-state index contributed by atoms with van der Waals surface area (Å²) in [6.07, 6.45) is 5.61. The number of nitrogens with one attached hydrogen (secondary N) is 1. The fraction of sp³-hybridized carbons (Fsp3) is 0.240. The molecular formula is C25H22ClN3O4S. The molecule has 0 radical (unpaired) electrons. The minimum atomic E-state index is -0.400. The van der Waals surface area contributed by atoms with Crippen molar-refractivity contribution >= 4 is 63.1 Å². The number of rotatable bonds is 6. The summed E-state index contributed by atoms with van der Waals surface area (Å²) in [5.41, 5.74) is 2.07. The van der Waals surface area contributed by atoms with Gasteiger partial charge in [0.25, 0.3) is 11.1 Å². The van der Waals surface area contributed by atoms with Crippen LogP contribution >= 0.6 is 23.4 Å². The van der Waals surface area contributed by atoms with Gasteiger partial charge in [0, 0.05) is 40.8 Å². The number of carbonyl (C=O) groups is 3. The Bertz CT molecular complexity index is 1310. The maximum atomic E-state index is 13.1. The summed E-state index contributed by atoms with van der Waals surface area (Å²) in [6.45, 7) is 1.39. The molecule has 174 valence electrons. The lowest BCUT2D eigenvalue weighted by atomic mass is 10.1. The third-order valence-corrected chi connectivity index (χ3v) is 6.94. The Hall–Kier alpha value is -3.07. The van der Waals surface area contributed by atoms with Crippen LogP contribution in [-0.2, 0) is 20.9 Å². The molecule has 2 aliphatic rings. The van der Waals surface area contributed by atoms with Gasteiger partial charge in [0.1, 0.15) is 6.54 Å². The first-order valence-corrected chi connectivity index (χ1v) is 12.2. The summed E-state index contributed by atoms with van der Waals surface area (Å²) in [4.78, 5) is 39.7. The van der Waals surface area contributed by atoms with Crippen molar-refractivity contribution in [2.24, 2.45) is 0 Å². The molecule has 34 heavy (non-hydrogen) atoms. The summed E-state index contributed by atoms with van der Waals surface area (Å²) < 4.78 is 7.42.